The summed E-state index contributed by atoms with van der Waals surface area (Å²) in [6, 6.07) is 6.20. The van der Waals surface area contributed by atoms with Crippen molar-refractivity contribution in [3.05, 3.63) is 34.4 Å². The fourth-order valence-corrected chi connectivity index (χ4v) is 2.21. The fourth-order valence-electron chi connectivity index (χ4n) is 1.99. The lowest BCUT2D eigenvalue weighted by atomic mass is 10.3. The molecule has 0 radical (unpaired) electrons. The highest BCUT2D eigenvalue weighted by molar-refractivity contribution is 7.80. The number of rotatable bonds is 8. The number of benzene rings is 1. The minimum atomic E-state index is -0.421. The topological polar surface area (TPSA) is 71.6 Å². The van der Waals surface area contributed by atoms with Crippen molar-refractivity contribution in [1.29, 1.82) is 0 Å². The highest BCUT2D eigenvalue weighted by Gasteiger charge is 2.05. The predicted octanol–water partition coefficient (Wildman–Crippen LogP) is 1.20. The maximum absolute atomic E-state index is 10.6. The van der Waals surface area contributed by atoms with Crippen LogP contribution in [0.3, 0.4) is 0 Å². The largest absolute Gasteiger partial charge is 0.362 e. The Hall–Kier alpha value is -1.73. The summed E-state index contributed by atoms with van der Waals surface area (Å²) in [6.07, 6.45) is 1.05. The molecule has 0 saturated heterocycles. The van der Waals surface area contributed by atoms with Gasteiger partial charge in [-0.2, -0.15) is 0 Å². The number of quaternary nitrogens is 1. The van der Waals surface area contributed by atoms with Crippen LogP contribution < -0.4 is 15.5 Å². The molecule has 6 nitrogen and oxygen atoms in total. The van der Waals surface area contributed by atoms with Crippen LogP contribution >= 0.6 is 12.2 Å². The summed E-state index contributed by atoms with van der Waals surface area (Å²) in [5.41, 5.74) is 0.814. The van der Waals surface area contributed by atoms with Gasteiger partial charge in [0.15, 0.2) is 5.11 Å². The molecule has 1 rings (SSSR count). The summed E-state index contributed by atoms with van der Waals surface area (Å²) in [5, 5.41) is 17.3. The number of nitrogens with zero attached hydrogens (tertiary/aromatic N) is 1. The normalized spacial score (nSPS) is 10.4. The molecule has 0 aromatic heterocycles. The number of non-ortho nitro benzene ring substituents is 1. The summed E-state index contributed by atoms with van der Waals surface area (Å²) in [5.74, 6) is 0. The van der Waals surface area contributed by atoms with Gasteiger partial charge in [0.1, 0.15) is 0 Å². The molecule has 21 heavy (non-hydrogen) atoms. The van der Waals surface area contributed by atoms with E-state index in [2.05, 4.69) is 24.5 Å². The smallest absolute Gasteiger partial charge is 0.269 e. The Bertz CT molecular complexity index is 461. The van der Waals surface area contributed by atoms with Crippen LogP contribution in [0.2, 0.25) is 0 Å². The molecule has 0 saturated carbocycles. The minimum absolute atomic E-state index is 0.0709. The molecule has 0 aliphatic rings. The molecule has 116 valence electrons. The molecule has 0 heterocycles. The van der Waals surface area contributed by atoms with Crippen molar-refractivity contribution in [2.24, 2.45) is 0 Å². The number of thiocarbonyl (C=S) groups is 1. The molecule has 0 spiro atoms. The van der Waals surface area contributed by atoms with E-state index >= 15 is 0 Å². The third kappa shape index (κ3) is 6.50. The van der Waals surface area contributed by atoms with Crippen molar-refractivity contribution in [1.82, 2.24) is 5.32 Å². The average Bonchev–Trinajstić information content (AvgIpc) is 2.48. The van der Waals surface area contributed by atoms with Crippen LogP contribution in [0.5, 0.6) is 0 Å². The van der Waals surface area contributed by atoms with E-state index in [9.17, 15) is 10.1 Å². The lowest BCUT2D eigenvalue weighted by molar-refractivity contribution is -0.896. The minimum Gasteiger partial charge on any atom is -0.362 e. The molecule has 0 unspecified atom stereocenters. The number of nitro benzene ring substituents is 1. The van der Waals surface area contributed by atoms with Crippen molar-refractivity contribution in [3.63, 3.8) is 0 Å². The van der Waals surface area contributed by atoms with E-state index in [4.69, 9.17) is 12.2 Å². The Kier molecular flexibility index (Phi) is 7.63. The molecule has 0 bridgehead atoms. The van der Waals surface area contributed by atoms with E-state index in [-0.39, 0.29) is 5.69 Å². The van der Waals surface area contributed by atoms with Gasteiger partial charge in [0.25, 0.3) is 5.69 Å². The van der Waals surface area contributed by atoms with Crippen molar-refractivity contribution in [2.75, 3.05) is 31.5 Å². The fraction of sp³-hybridized carbons (Fsp3) is 0.500. The molecule has 0 atom stereocenters. The number of nitrogens with one attached hydrogen (secondary N) is 3. The second-order valence-electron chi connectivity index (χ2n) is 4.75. The first-order valence-electron chi connectivity index (χ1n) is 7.19. The van der Waals surface area contributed by atoms with Crippen LogP contribution in [0, 0.1) is 10.1 Å². The zero-order chi connectivity index (χ0) is 15.7. The number of nitro groups is 1. The van der Waals surface area contributed by atoms with E-state index in [0.29, 0.717) is 5.11 Å². The Morgan fingerprint density at radius 2 is 1.90 bits per heavy atom. The Labute approximate surface area is 130 Å². The summed E-state index contributed by atoms with van der Waals surface area (Å²) in [6.45, 7) is 8.60. The molecule has 0 aliphatic carbocycles. The second-order valence-corrected chi connectivity index (χ2v) is 5.15. The molecular formula is C14H23N4O2S+. The number of hydrogen-bond donors (Lipinski definition) is 3. The first-order valence-corrected chi connectivity index (χ1v) is 7.60. The summed E-state index contributed by atoms with van der Waals surface area (Å²) < 4.78 is 0. The quantitative estimate of drug-likeness (QED) is 0.291. The van der Waals surface area contributed by atoms with Gasteiger partial charge in [-0.1, -0.05) is 0 Å². The average molecular weight is 311 g/mol. The molecule has 1 aromatic carbocycles. The van der Waals surface area contributed by atoms with E-state index < -0.39 is 4.92 Å². The summed E-state index contributed by atoms with van der Waals surface area (Å²) in [7, 11) is 0. The lowest BCUT2D eigenvalue weighted by Crippen LogP contribution is -3.11. The lowest BCUT2D eigenvalue weighted by Gasteiger charge is -2.16. The van der Waals surface area contributed by atoms with Gasteiger partial charge in [0.2, 0.25) is 0 Å². The molecule has 1 aromatic rings. The van der Waals surface area contributed by atoms with E-state index in [1.165, 1.54) is 12.1 Å². The van der Waals surface area contributed by atoms with Gasteiger partial charge in [0, 0.05) is 30.8 Å². The van der Waals surface area contributed by atoms with Gasteiger partial charge in [0.05, 0.1) is 24.6 Å². The van der Waals surface area contributed by atoms with Crippen LogP contribution in [-0.4, -0.2) is 36.2 Å². The Morgan fingerprint density at radius 3 is 2.43 bits per heavy atom. The van der Waals surface area contributed by atoms with Gasteiger partial charge in [-0.05, 0) is 38.2 Å². The Morgan fingerprint density at radius 1 is 1.29 bits per heavy atom. The van der Waals surface area contributed by atoms with E-state index in [1.807, 2.05) is 0 Å². The van der Waals surface area contributed by atoms with Crippen molar-refractivity contribution < 1.29 is 9.82 Å². The predicted molar refractivity (Wildman–Crippen MR) is 88.8 cm³/mol. The number of anilines is 1. The van der Waals surface area contributed by atoms with Gasteiger partial charge in [-0.3, -0.25) is 10.1 Å². The second kappa shape index (κ2) is 9.25. The number of hydrogen-bond acceptors (Lipinski definition) is 3. The first kappa shape index (κ1) is 17.3. The van der Waals surface area contributed by atoms with Gasteiger partial charge in [-0.25, -0.2) is 0 Å². The molecule has 0 fully saturated rings. The molecular weight excluding hydrogens is 288 g/mol. The van der Waals surface area contributed by atoms with E-state index in [1.54, 1.807) is 17.0 Å². The highest BCUT2D eigenvalue weighted by atomic mass is 32.1. The Balaban J connectivity index is 2.29. The van der Waals surface area contributed by atoms with E-state index in [0.717, 1.165) is 38.3 Å². The standard InChI is InChI=1S/C14H22N4O2S/c1-3-17(4-2)11-5-10-15-14(21)16-12-6-8-13(9-7-12)18(19)20/h6-9H,3-5,10-11H2,1-2H3,(H2,15,16,21)/p+1. The third-order valence-corrected chi connectivity index (χ3v) is 3.58. The third-order valence-electron chi connectivity index (χ3n) is 3.33. The molecule has 0 amide bonds. The highest BCUT2D eigenvalue weighted by Crippen LogP contribution is 2.15. The molecule has 7 heteroatoms. The van der Waals surface area contributed by atoms with Crippen LogP contribution in [-0.2, 0) is 0 Å². The summed E-state index contributed by atoms with van der Waals surface area (Å²) >= 11 is 5.19. The van der Waals surface area contributed by atoms with Crippen LogP contribution in [0.25, 0.3) is 0 Å². The van der Waals surface area contributed by atoms with Crippen molar-refractivity contribution in [3.8, 4) is 0 Å². The zero-order valence-corrected chi connectivity index (χ0v) is 13.3. The maximum Gasteiger partial charge on any atom is 0.269 e. The van der Waals surface area contributed by atoms with Gasteiger partial charge in [-0.15, -0.1) is 0 Å². The summed E-state index contributed by atoms with van der Waals surface area (Å²) in [4.78, 5) is 11.7. The van der Waals surface area contributed by atoms with Crippen LogP contribution in [0.4, 0.5) is 11.4 Å². The maximum atomic E-state index is 10.6. The SMILES string of the molecule is CC[NH+](CC)CCCNC(=S)Nc1ccc([N+](=O)[O-])cc1. The zero-order valence-electron chi connectivity index (χ0n) is 12.5. The monoisotopic (exact) mass is 311 g/mol. The van der Waals surface area contributed by atoms with Gasteiger partial charge < -0.3 is 15.5 Å². The molecule has 0 aliphatic heterocycles. The van der Waals surface area contributed by atoms with Gasteiger partial charge >= 0.3 is 0 Å². The van der Waals surface area contributed by atoms with Crippen LogP contribution in [0.1, 0.15) is 20.3 Å². The molecule has 3 N–H and O–H groups in total. The van der Waals surface area contributed by atoms with Crippen molar-refractivity contribution in [2.45, 2.75) is 20.3 Å². The van der Waals surface area contributed by atoms with Crippen molar-refractivity contribution >= 4 is 28.7 Å². The van der Waals surface area contributed by atoms with Crippen LogP contribution in [0.15, 0.2) is 24.3 Å². The first-order chi connectivity index (χ1) is 10.1.